The third-order valence-corrected chi connectivity index (χ3v) is 3.99. The molecule has 0 aliphatic rings. The lowest BCUT2D eigenvalue weighted by Gasteiger charge is -2.29. The van der Waals surface area contributed by atoms with E-state index in [1.165, 1.54) is 0 Å². The minimum atomic E-state index is -0.0441. The maximum Gasteiger partial charge on any atom is 0.251 e. The maximum atomic E-state index is 12.0. The molecule has 1 amide bonds. The predicted octanol–water partition coefficient (Wildman–Crippen LogP) is 3.28. The predicted molar refractivity (Wildman–Crippen MR) is 90.8 cm³/mol. The highest BCUT2D eigenvalue weighted by molar-refractivity contribution is 5.96. The van der Waals surface area contributed by atoms with Crippen molar-refractivity contribution >= 4 is 17.3 Å². The van der Waals surface area contributed by atoms with Gasteiger partial charge < -0.3 is 16.0 Å². The molecule has 0 spiro atoms. The molecule has 0 atom stereocenters. The van der Waals surface area contributed by atoms with Gasteiger partial charge in [0.05, 0.1) is 11.4 Å². The first kappa shape index (κ1) is 17.3. The number of amides is 1. The van der Waals surface area contributed by atoms with Gasteiger partial charge in [0.15, 0.2) is 0 Å². The number of nitrogens with zero attached hydrogens (tertiary/aromatic N) is 1. The molecule has 0 bridgehead atoms. The maximum absolute atomic E-state index is 12.0. The smallest absolute Gasteiger partial charge is 0.251 e. The van der Waals surface area contributed by atoms with Crippen molar-refractivity contribution in [3.05, 3.63) is 23.8 Å². The molecular formula is C17H29N3O. The molecule has 0 aliphatic carbocycles. The molecular weight excluding hydrogens is 262 g/mol. The summed E-state index contributed by atoms with van der Waals surface area (Å²) in [5.74, 6) is 0.606. The SMILES string of the molecule is CCNC(=O)c1ccc(N)c(N(CC)CC(CC)CC)c1. The fourth-order valence-corrected chi connectivity index (χ4v) is 2.48. The number of nitrogens with two attached hydrogens (primary N) is 1. The molecule has 1 aromatic rings. The topological polar surface area (TPSA) is 58.4 Å². The van der Waals surface area contributed by atoms with E-state index < -0.39 is 0 Å². The summed E-state index contributed by atoms with van der Waals surface area (Å²) < 4.78 is 0. The van der Waals surface area contributed by atoms with E-state index in [1.807, 2.05) is 19.1 Å². The standard InChI is InChI=1S/C17H29N3O/c1-5-13(6-2)12-20(8-4)16-11-14(9-10-15(16)18)17(21)19-7-3/h9-11,13H,5-8,12,18H2,1-4H3,(H,19,21). The number of carbonyl (C=O) groups excluding carboxylic acids is 1. The first-order chi connectivity index (χ1) is 10.1. The van der Waals surface area contributed by atoms with Crippen molar-refractivity contribution in [3.63, 3.8) is 0 Å². The second-order valence-corrected chi connectivity index (χ2v) is 5.35. The van der Waals surface area contributed by atoms with Gasteiger partial charge in [-0.3, -0.25) is 4.79 Å². The normalized spacial score (nSPS) is 10.7. The summed E-state index contributed by atoms with van der Waals surface area (Å²) in [5.41, 5.74) is 8.49. The lowest BCUT2D eigenvalue weighted by atomic mass is 10.0. The van der Waals surface area contributed by atoms with E-state index in [1.54, 1.807) is 6.07 Å². The van der Waals surface area contributed by atoms with E-state index in [4.69, 9.17) is 5.73 Å². The fraction of sp³-hybridized carbons (Fsp3) is 0.588. The quantitative estimate of drug-likeness (QED) is 0.723. The molecule has 0 radical (unpaired) electrons. The van der Waals surface area contributed by atoms with E-state index in [-0.39, 0.29) is 5.91 Å². The highest BCUT2D eigenvalue weighted by Crippen LogP contribution is 2.26. The van der Waals surface area contributed by atoms with Crippen LogP contribution >= 0.6 is 0 Å². The van der Waals surface area contributed by atoms with Gasteiger partial charge in [-0.1, -0.05) is 26.7 Å². The zero-order chi connectivity index (χ0) is 15.8. The van der Waals surface area contributed by atoms with E-state index in [0.717, 1.165) is 37.3 Å². The monoisotopic (exact) mass is 291 g/mol. The lowest BCUT2D eigenvalue weighted by Crippen LogP contribution is -2.30. The molecule has 4 nitrogen and oxygen atoms in total. The summed E-state index contributed by atoms with van der Waals surface area (Å²) in [4.78, 5) is 14.3. The van der Waals surface area contributed by atoms with E-state index in [2.05, 4.69) is 31.0 Å². The highest BCUT2D eigenvalue weighted by atomic mass is 16.1. The second-order valence-electron chi connectivity index (χ2n) is 5.35. The van der Waals surface area contributed by atoms with Crippen molar-refractivity contribution in [2.75, 3.05) is 30.3 Å². The Morgan fingerprint density at radius 2 is 1.90 bits per heavy atom. The van der Waals surface area contributed by atoms with Gasteiger partial charge in [0.25, 0.3) is 5.91 Å². The molecule has 21 heavy (non-hydrogen) atoms. The zero-order valence-corrected chi connectivity index (χ0v) is 13.8. The Bertz CT molecular complexity index is 455. The average molecular weight is 291 g/mol. The van der Waals surface area contributed by atoms with Crippen LogP contribution in [0, 0.1) is 5.92 Å². The number of rotatable bonds is 8. The zero-order valence-electron chi connectivity index (χ0n) is 13.8. The van der Waals surface area contributed by atoms with Gasteiger partial charge in [-0.05, 0) is 38.0 Å². The third-order valence-electron chi connectivity index (χ3n) is 3.99. The van der Waals surface area contributed by atoms with Crippen LogP contribution < -0.4 is 16.0 Å². The molecule has 4 heteroatoms. The Labute approximate surface area is 128 Å². The number of nitrogens with one attached hydrogen (secondary N) is 1. The summed E-state index contributed by atoms with van der Waals surface area (Å²) >= 11 is 0. The minimum Gasteiger partial charge on any atom is -0.397 e. The van der Waals surface area contributed by atoms with Crippen LogP contribution in [0.25, 0.3) is 0 Å². The van der Waals surface area contributed by atoms with Crippen LogP contribution in [-0.2, 0) is 0 Å². The highest BCUT2D eigenvalue weighted by Gasteiger charge is 2.15. The van der Waals surface area contributed by atoms with Crippen molar-refractivity contribution in [3.8, 4) is 0 Å². The van der Waals surface area contributed by atoms with E-state index in [0.29, 0.717) is 18.0 Å². The van der Waals surface area contributed by atoms with Gasteiger partial charge in [0.2, 0.25) is 0 Å². The molecule has 1 aromatic carbocycles. The number of anilines is 2. The lowest BCUT2D eigenvalue weighted by molar-refractivity contribution is 0.0956. The van der Waals surface area contributed by atoms with Crippen LogP contribution in [0.2, 0.25) is 0 Å². The molecule has 0 fully saturated rings. The summed E-state index contributed by atoms with van der Waals surface area (Å²) in [7, 11) is 0. The van der Waals surface area contributed by atoms with Crippen molar-refractivity contribution in [1.82, 2.24) is 5.32 Å². The third kappa shape index (κ3) is 4.66. The van der Waals surface area contributed by atoms with Gasteiger partial charge in [0.1, 0.15) is 0 Å². The van der Waals surface area contributed by atoms with Crippen LogP contribution in [0.4, 0.5) is 11.4 Å². The molecule has 118 valence electrons. The van der Waals surface area contributed by atoms with E-state index >= 15 is 0 Å². The molecule has 3 N–H and O–H groups in total. The fourth-order valence-electron chi connectivity index (χ4n) is 2.48. The Kier molecular flexibility index (Phi) is 7.06. The van der Waals surface area contributed by atoms with Crippen molar-refractivity contribution in [1.29, 1.82) is 0 Å². The number of hydrogen-bond acceptors (Lipinski definition) is 3. The second kappa shape index (κ2) is 8.55. The Balaban J connectivity index is 3.02. The van der Waals surface area contributed by atoms with Gasteiger partial charge in [-0.25, -0.2) is 0 Å². The molecule has 0 saturated heterocycles. The summed E-state index contributed by atoms with van der Waals surface area (Å²) in [6.45, 7) is 11.0. The number of nitrogen functional groups attached to an aromatic ring is 1. The van der Waals surface area contributed by atoms with Gasteiger partial charge in [0, 0.05) is 25.2 Å². The Hall–Kier alpha value is -1.71. The molecule has 0 aromatic heterocycles. The van der Waals surface area contributed by atoms with Crippen LogP contribution in [-0.4, -0.2) is 25.5 Å². The molecule has 0 unspecified atom stereocenters. The van der Waals surface area contributed by atoms with Crippen LogP contribution in [0.5, 0.6) is 0 Å². The minimum absolute atomic E-state index is 0.0441. The largest absolute Gasteiger partial charge is 0.397 e. The van der Waals surface area contributed by atoms with Crippen molar-refractivity contribution in [2.24, 2.45) is 5.92 Å². The number of benzene rings is 1. The average Bonchev–Trinajstić information content (AvgIpc) is 2.50. The van der Waals surface area contributed by atoms with Gasteiger partial charge in [-0.15, -0.1) is 0 Å². The van der Waals surface area contributed by atoms with E-state index in [9.17, 15) is 4.79 Å². The van der Waals surface area contributed by atoms with Gasteiger partial charge in [-0.2, -0.15) is 0 Å². The van der Waals surface area contributed by atoms with Crippen LogP contribution in [0.1, 0.15) is 50.9 Å². The summed E-state index contributed by atoms with van der Waals surface area (Å²) in [5, 5.41) is 2.83. The molecule has 0 saturated carbocycles. The summed E-state index contributed by atoms with van der Waals surface area (Å²) in [6, 6.07) is 5.52. The Morgan fingerprint density at radius 1 is 1.24 bits per heavy atom. The van der Waals surface area contributed by atoms with Crippen molar-refractivity contribution in [2.45, 2.75) is 40.5 Å². The molecule has 0 heterocycles. The first-order valence-electron chi connectivity index (χ1n) is 7.99. The number of hydrogen-bond donors (Lipinski definition) is 2. The first-order valence-corrected chi connectivity index (χ1v) is 7.99. The Morgan fingerprint density at radius 3 is 2.43 bits per heavy atom. The van der Waals surface area contributed by atoms with Gasteiger partial charge >= 0.3 is 0 Å². The van der Waals surface area contributed by atoms with Crippen molar-refractivity contribution < 1.29 is 4.79 Å². The van der Waals surface area contributed by atoms with Crippen LogP contribution in [0.15, 0.2) is 18.2 Å². The molecule has 1 rings (SSSR count). The van der Waals surface area contributed by atoms with Crippen LogP contribution in [0.3, 0.4) is 0 Å². The molecule has 0 aliphatic heterocycles. The number of carbonyl (C=O) groups is 1. The summed E-state index contributed by atoms with van der Waals surface area (Å²) in [6.07, 6.45) is 2.31.